The number of hydrogen-bond donors (Lipinski definition) is 0. The van der Waals surface area contributed by atoms with Crippen molar-refractivity contribution in [3.63, 3.8) is 0 Å². The fourth-order valence-corrected chi connectivity index (χ4v) is 5.67. The Hall–Kier alpha value is -2.58. The molecule has 1 aliphatic rings. The van der Waals surface area contributed by atoms with Gasteiger partial charge in [0.15, 0.2) is 0 Å². The van der Waals surface area contributed by atoms with E-state index >= 15 is 0 Å². The molecule has 2 aromatic carbocycles. The average Bonchev–Trinajstić information content (AvgIpc) is 3.33. The molecule has 4 rings (SSSR count). The monoisotopic (exact) mass is 415 g/mol. The highest BCUT2D eigenvalue weighted by molar-refractivity contribution is 7.89. The van der Waals surface area contributed by atoms with Crippen LogP contribution in [-0.4, -0.2) is 29.4 Å². The minimum atomic E-state index is -3.72. The second kappa shape index (κ2) is 7.35. The number of nitrogens with zero attached hydrogens (tertiary/aromatic N) is 3. The Morgan fingerprint density at radius 3 is 2.62 bits per heavy atom. The zero-order valence-corrected chi connectivity index (χ0v) is 17.3. The Morgan fingerprint density at radius 2 is 1.86 bits per heavy atom. The van der Waals surface area contributed by atoms with Gasteiger partial charge in [0.25, 0.3) is 0 Å². The highest BCUT2D eigenvalue weighted by Gasteiger charge is 2.40. The van der Waals surface area contributed by atoms with E-state index in [1.54, 1.807) is 25.1 Å². The van der Waals surface area contributed by atoms with Crippen molar-refractivity contribution in [2.45, 2.75) is 44.6 Å². The van der Waals surface area contributed by atoms with Crippen LogP contribution in [0.15, 0.2) is 45.8 Å². The Morgan fingerprint density at radius 1 is 1.10 bits per heavy atom. The summed E-state index contributed by atoms with van der Waals surface area (Å²) in [6.45, 7) is 6.05. The SMILES string of the molecule is Cc1cc(C)c(S(=O)(=O)N2CCCC2c2nc(-c3cccc(F)c3)no2)cc1C. The van der Waals surface area contributed by atoms with Crippen molar-refractivity contribution >= 4 is 10.0 Å². The first-order valence-electron chi connectivity index (χ1n) is 9.46. The lowest BCUT2D eigenvalue weighted by Crippen LogP contribution is -2.31. The van der Waals surface area contributed by atoms with Gasteiger partial charge >= 0.3 is 0 Å². The van der Waals surface area contributed by atoms with E-state index in [4.69, 9.17) is 4.52 Å². The molecule has 1 aromatic heterocycles. The predicted octanol–water partition coefficient (Wildman–Crippen LogP) is 4.33. The molecule has 1 fully saturated rings. The summed E-state index contributed by atoms with van der Waals surface area (Å²) in [5.74, 6) is 0.0714. The molecule has 0 radical (unpaired) electrons. The van der Waals surface area contributed by atoms with E-state index in [-0.39, 0.29) is 11.7 Å². The number of halogens is 1. The van der Waals surface area contributed by atoms with Crippen molar-refractivity contribution < 1.29 is 17.3 Å². The van der Waals surface area contributed by atoms with Gasteiger partial charge in [-0.1, -0.05) is 23.4 Å². The van der Waals surface area contributed by atoms with Crippen molar-refractivity contribution in [2.75, 3.05) is 6.54 Å². The van der Waals surface area contributed by atoms with Crippen molar-refractivity contribution in [1.82, 2.24) is 14.4 Å². The molecular weight excluding hydrogens is 393 g/mol. The summed E-state index contributed by atoms with van der Waals surface area (Å²) in [6, 6.07) is 8.98. The fourth-order valence-electron chi connectivity index (χ4n) is 3.73. The molecule has 2 heterocycles. The molecule has 6 nitrogen and oxygen atoms in total. The van der Waals surface area contributed by atoms with Crippen molar-refractivity contribution in [3.05, 3.63) is 64.8 Å². The largest absolute Gasteiger partial charge is 0.337 e. The standard InChI is InChI=1S/C21H22FN3O3S/c1-13-10-15(3)19(11-14(13)2)29(26,27)25-9-5-8-18(25)21-23-20(24-28-21)16-6-4-7-17(22)12-16/h4,6-7,10-12,18H,5,8-9H2,1-3H3. The Balaban J connectivity index is 1.69. The van der Waals surface area contributed by atoms with E-state index in [1.165, 1.54) is 16.4 Å². The quantitative estimate of drug-likeness (QED) is 0.634. The van der Waals surface area contributed by atoms with Gasteiger partial charge in [0.1, 0.15) is 11.9 Å². The summed E-state index contributed by atoms with van der Waals surface area (Å²) in [6.07, 6.45) is 1.29. The van der Waals surface area contributed by atoms with Crippen LogP contribution in [0.5, 0.6) is 0 Å². The van der Waals surface area contributed by atoms with Crippen LogP contribution in [0, 0.1) is 26.6 Å². The predicted molar refractivity (Wildman–Crippen MR) is 106 cm³/mol. The highest BCUT2D eigenvalue weighted by Crippen LogP contribution is 2.37. The maximum Gasteiger partial charge on any atom is 0.245 e. The van der Waals surface area contributed by atoms with Crippen LogP contribution in [0.2, 0.25) is 0 Å². The van der Waals surface area contributed by atoms with Gasteiger partial charge in [-0.15, -0.1) is 0 Å². The minimum absolute atomic E-state index is 0.229. The lowest BCUT2D eigenvalue weighted by molar-refractivity contribution is 0.290. The molecule has 152 valence electrons. The van der Waals surface area contributed by atoms with Crippen molar-refractivity contribution in [3.8, 4) is 11.4 Å². The van der Waals surface area contributed by atoms with E-state index in [9.17, 15) is 12.8 Å². The second-order valence-electron chi connectivity index (χ2n) is 7.44. The van der Waals surface area contributed by atoms with Gasteiger partial charge < -0.3 is 4.52 Å². The molecular formula is C21H22FN3O3S. The van der Waals surface area contributed by atoms with E-state index in [0.29, 0.717) is 35.4 Å². The second-order valence-corrected chi connectivity index (χ2v) is 9.30. The summed E-state index contributed by atoms with van der Waals surface area (Å²) in [7, 11) is -3.72. The molecule has 0 aliphatic carbocycles. The molecule has 0 amide bonds. The number of aryl methyl sites for hydroxylation is 3. The van der Waals surface area contributed by atoms with Crippen molar-refractivity contribution in [1.29, 1.82) is 0 Å². The first-order chi connectivity index (χ1) is 13.8. The first kappa shape index (κ1) is 19.7. The number of hydrogen-bond acceptors (Lipinski definition) is 5. The third-order valence-electron chi connectivity index (χ3n) is 5.39. The maximum absolute atomic E-state index is 13.5. The number of benzene rings is 2. The molecule has 1 aliphatic heterocycles. The molecule has 1 unspecified atom stereocenters. The lowest BCUT2D eigenvalue weighted by Gasteiger charge is -2.23. The zero-order chi connectivity index (χ0) is 20.8. The molecule has 3 aromatic rings. The van der Waals surface area contributed by atoms with Gasteiger partial charge in [0.05, 0.1) is 4.90 Å². The lowest BCUT2D eigenvalue weighted by atomic mass is 10.1. The average molecular weight is 415 g/mol. The molecule has 0 saturated carbocycles. The summed E-state index contributed by atoms with van der Waals surface area (Å²) in [5.41, 5.74) is 3.18. The molecule has 0 bridgehead atoms. The molecule has 8 heteroatoms. The van der Waals surface area contributed by atoms with E-state index in [1.807, 2.05) is 19.9 Å². The maximum atomic E-state index is 13.5. The first-order valence-corrected chi connectivity index (χ1v) is 10.9. The number of aromatic nitrogens is 2. The molecule has 1 atom stereocenters. The zero-order valence-electron chi connectivity index (χ0n) is 16.5. The normalized spacial score (nSPS) is 17.7. The van der Waals surface area contributed by atoms with Gasteiger partial charge in [0, 0.05) is 12.1 Å². The summed E-state index contributed by atoms with van der Waals surface area (Å²) in [4.78, 5) is 4.67. The highest BCUT2D eigenvalue weighted by atomic mass is 32.2. The Labute approximate surface area is 169 Å². The topological polar surface area (TPSA) is 76.3 Å². The fraction of sp³-hybridized carbons (Fsp3) is 0.333. The Kier molecular flexibility index (Phi) is 5.00. The van der Waals surface area contributed by atoms with E-state index in [2.05, 4.69) is 10.1 Å². The third-order valence-corrected chi connectivity index (χ3v) is 7.44. The van der Waals surface area contributed by atoms with Gasteiger partial charge in [-0.2, -0.15) is 9.29 Å². The van der Waals surface area contributed by atoms with Crippen LogP contribution >= 0.6 is 0 Å². The summed E-state index contributed by atoms with van der Waals surface area (Å²) >= 11 is 0. The third kappa shape index (κ3) is 3.58. The van der Waals surface area contributed by atoms with Gasteiger partial charge in [0.2, 0.25) is 21.7 Å². The van der Waals surface area contributed by atoms with Crippen LogP contribution in [0.1, 0.15) is 41.5 Å². The number of rotatable bonds is 4. The molecule has 0 spiro atoms. The smallest absolute Gasteiger partial charge is 0.245 e. The van der Waals surface area contributed by atoms with Crippen LogP contribution in [0.25, 0.3) is 11.4 Å². The summed E-state index contributed by atoms with van der Waals surface area (Å²) < 4.78 is 47.1. The molecule has 1 saturated heterocycles. The Bertz CT molecular complexity index is 1170. The van der Waals surface area contributed by atoms with Crippen molar-refractivity contribution in [2.24, 2.45) is 0 Å². The summed E-state index contributed by atoms with van der Waals surface area (Å²) in [5, 5.41) is 3.93. The minimum Gasteiger partial charge on any atom is -0.337 e. The van der Waals surface area contributed by atoms with Crippen LogP contribution < -0.4 is 0 Å². The van der Waals surface area contributed by atoms with E-state index in [0.717, 1.165) is 11.1 Å². The van der Waals surface area contributed by atoms with Gasteiger partial charge in [-0.3, -0.25) is 0 Å². The van der Waals surface area contributed by atoms with Gasteiger partial charge in [-0.05, 0) is 68.5 Å². The van der Waals surface area contributed by atoms with Crippen LogP contribution in [0.3, 0.4) is 0 Å². The van der Waals surface area contributed by atoms with Gasteiger partial charge in [-0.25, -0.2) is 12.8 Å². The van der Waals surface area contributed by atoms with E-state index < -0.39 is 21.9 Å². The number of sulfonamides is 1. The molecule has 0 N–H and O–H groups in total. The van der Waals surface area contributed by atoms with Crippen LogP contribution in [-0.2, 0) is 10.0 Å². The van der Waals surface area contributed by atoms with Crippen LogP contribution in [0.4, 0.5) is 4.39 Å². The molecule has 29 heavy (non-hydrogen) atoms.